The Kier molecular flexibility index (Phi) is 5.51. The van der Waals surface area contributed by atoms with Crippen LogP contribution in [0.5, 0.6) is 0 Å². The minimum absolute atomic E-state index is 0.0983. The van der Waals surface area contributed by atoms with Crippen LogP contribution in [0.15, 0.2) is 18.2 Å². The summed E-state index contributed by atoms with van der Waals surface area (Å²) in [7, 11) is 3.37. The van der Waals surface area contributed by atoms with Gasteiger partial charge in [0, 0.05) is 37.4 Å². The number of carbonyl (C=O) groups excluding carboxylic acids is 1. The number of hydrogen-bond acceptors (Lipinski definition) is 3. The third kappa shape index (κ3) is 4.81. The predicted molar refractivity (Wildman–Crippen MR) is 80.3 cm³/mol. The maximum atomic E-state index is 14.0. The van der Waals surface area contributed by atoms with Crippen molar-refractivity contribution in [3.8, 4) is 0 Å². The number of amides is 1. The molecule has 4 nitrogen and oxygen atoms in total. The molecule has 0 fully saturated rings. The highest BCUT2D eigenvalue weighted by Crippen LogP contribution is 2.22. The molecule has 2 N–H and O–H groups in total. The topological polar surface area (TPSA) is 44.4 Å². The first-order valence-corrected chi connectivity index (χ1v) is 6.68. The lowest BCUT2D eigenvalue weighted by Gasteiger charge is -2.25. The van der Waals surface area contributed by atoms with Crippen molar-refractivity contribution in [2.45, 2.75) is 32.9 Å². The van der Waals surface area contributed by atoms with Gasteiger partial charge in [-0.25, -0.2) is 4.39 Å². The zero-order valence-electron chi connectivity index (χ0n) is 12.9. The molecule has 20 heavy (non-hydrogen) atoms. The van der Waals surface area contributed by atoms with Crippen molar-refractivity contribution in [1.82, 2.24) is 10.6 Å². The van der Waals surface area contributed by atoms with E-state index in [0.29, 0.717) is 12.1 Å². The summed E-state index contributed by atoms with van der Waals surface area (Å²) < 4.78 is 14.0. The molecule has 1 amide bonds. The van der Waals surface area contributed by atoms with Crippen LogP contribution in [0.1, 0.15) is 26.3 Å². The van der Waals surface area contributed by atoms with Crippen LogP contribution in [0.3, 0.4) is 0 Å². The number of nitrogens with zero attached hydrogens (tertiary/aromatic N) is 1. The number of halogens is 1. The van der Waals surface area contributed by atoms with Gasteiger partial charge >= 0.3 is 0 Å². The SMILES string of the molecule is CNC(=O)CN(C)c1cccc(F)c1CNC(C)(C)C. The van der Waals surface area contributed by atoms with Crippen molar-refractivity contribution < 1.29 is 9.18 Å². The molecule has 0 bridgehead atoms. The molecule has 0 aliphatic rings. The van der Waals surface area contributed by atoms with E-state index < -0.39 is 0 Å². The van der Waals surface area contributed by atoms with Gasteiger partial charge < -0.3 is 15.5 Å². The van der Waals surface area contributed by atoms with E-state index in [-0.39, 0.29) is 23.8 Å². The maximum absolute atomic E-state index is 14.0. The summed E-state index contributed by atoms with van der Waals surface area (Å²) >= 11 is 0. The number of rotatable bonds is 5. The molecule has 0 unspecified atom stereocenters. The Labute approximate surface area is 120 Å². The molecule has 0 spiro atoms. The quantitative estimate of drug-likeness (QED) is 0.866. The van der Waals surface area contributed by atoms with Crippen LogP contribution in [-0.4, -0.2) is 32.1 Å². The monoisotopic (exact) mass is 281 g/mol. The molecule has 0 saturated heterocycles. The largest absolute Gasteiger partial charge is 0.365 e. The van der Waals surface area contributed by atoms with Crippen molar-refractivity contribution >= 4 is 11.6 Å². The molecule has 0 atom stereocenters. The van der Waals surface area contributed by atoms with Crippen LogP contribution in [0.25, 0.3) is 0 Å². The molecule has 0 aliphatic heterocycles. The Morgan fingerprint density at radius 2 is 2.00 bits per heavy atom. The lowest BCUT2D eigenvalue weighted by molar-refractivity contribution is -0.119. The van der Waals surface area contributed by atoms with Crippen molar-refractivity contribution in [1.29, 1.82) is 0 Å². The molecular formula is C15H24FN3O. The molecule has 1 rings (SSSR count). The molecule has 5 heteroatoms. The van der Waals surface area contributed by atoms with Gasteiger partial charge in [-0.1, -0.05) is 6.07 Å². The van der Waals surface area contributed by atoms with Crippen LogP contribution < -0.4 is 15.5 Å². The Balaban J connectivity index is 2.95. The van der Waals surface area contributed by atoms with Gasteiger partial charge in [-0.15, -0.1) is 0 Å². The Morgan fingerprint density at radius 1 is 1.35 bits per heavy atom. The highest BCUT2D eigenvalue weighted by atomic mass is 19.1. The number of likely N-dealkylation sites (N-methyl/N-ethyl adjacent to an activating group) is 2. The van der Waals surface area contributed by atoms with E-state index in [4.69, 9.17) is 0 Å². The summed E-state index contributed by atoms with van der Waals surface area (Å²) in [4.78, 5) is 13.2. The fourth-order valence-electron chi connectivity index (χ4n) is 1.81. The van der Waals surface area contributed by atoms with E-state index in [1.807, 2.05) is 26.8 Å². The van der Waals surface area contributed by atoms with Crippen LogP contribution in [-0.2, 0) is 11.3 Å². The lowest BCUT2D eigenvalue weighted by atomic mass is 10.1. The maximum Gasteiger partial charge on any atom is 0.239 e. The average molecular weight is 281 g/mol. The zero-order valence-corrected chi connectivity index (χ0v) is 12.9. The first-order chi connectivity index (χ1) is 9.24. The second-order valence-corrected chi connectivity index (χ2v) is 5.87. The van der Waals surface area contributed by atoms with E-state index in [1.165, 1.54) is 6.07 Å². The highest BCUT2D eigenvalue weighted by Gasteiger charge is 2.16. The third-order valence-corrected chi connectivity index (χ3v) is 2.96. The number of carbonyl (C=O) groups is 1. The van der Waals surface area contributed by atoms with E-state index in [2.05, 4.69) is 10.6 Å². The molecule has 0 aromatic heterocycles. The summed E-state index contributed by atoms with van der Waals surface area (Å²) in [6.45, 7) is 6.71. The second kappa shape index (κ2) is 6.70. The number of nitrogens with one attached hydrogen (secondary N) is 2. The fraction of sp³-hybridized carbons (Fsp3) is 0.533. The van der Waals surface area contributed by atoms with Gasteiger partial charge in [-0.05, 0) is 32.9 Å². The number of hydrogen-bond donors (Lipinski definition) is 2. The van der Waals surface area contributed by atoms with Gasteiger partial charge in [0.2, 0.25) is 5.91 Å². The normalized spacial score (nSPS) is 11.3. The standard InChI is InChI=1S/C15H24FN3O/c1-15(2,3)18-9-11-12(16)7-6-8-13(11)19(5)10-14(20)17-4/h6-8,18H,9-10H2,1-5H3,(H,17,20). The van der Waals surface area contributed by atoms with Crippen molar-refractivity contribution in [2.75, 3.05) is 25.5 Å². The van der Waals surface area contributed by atoms with Crippen LogP contribution in [0.2, 0.25) is 0 Å². The zero-order chi connectivity index (χ0) is 15.3. The lowest BCUT2D eigenvalue weighted by Crippen LogP contribution is -2.37. The van der Waals surface area contributed by atoms with Crippen molar-refractivity contribution in [2.24, 2.45) is 0 Å². The average Bonchev–Trinajstić information content (AvgIpc) is 2.35. The molecule has 1 aromatic carbocycles. The third-order valence-electron chi connectivity index (χ3n) is 2.96. The van der Waals surface area contributed by atoms with Gasteiger partial charge in [0.25, 0.3) is 0 Å². The van der Waals surface area contributed by atoms with E-state index in [9.17, 15) is 9.18 Å². The molecule has 0 radical (unpaired) electrons. The first-order valence-electron chi connectivity index (χ1n) is 6.68. The Morgan fingerprint density at radius 3 is 2.55 bits per heavy atom. The van der Waals surface area contributed by atoms with E-state index in [1.54, 1.807) is 25.1 Å². The molecular weight excluding hydrogens is 257 g/mol. The Bertz CT molecular complexity index is 469. The Hall–Kier alpha value is -1.62. The van der Waals surface area contributed by atoms with Gasteiger partial charge in [0.1, 0.15) is 5.82 Å². The molecule has 0 saturated carbocycles. The van der Waals surface area contributed by atoms with Gasteiger partial charge in [-0.2, -0.15) is 0 Å². The molecule has 112 valence electrons. The molecule has 1 aromatic rings. The fourth-order valence-corrected chi connectivity index (χ4v) is 1.81. The van der Waals surface area contributed by atoms with Crippen molar-refractivity contribution in [3.63, 3.8) is 0 Å². The van der Waals surface area contributed by atoms with E-state index >= 15 is 0 Å². The van der Waals surface area contributed by atoms with Gasteiger partial charge in [-0.3, -0.25) is 4.79 Å². The summed E-state index contributed by atoms with van der Waals surface area (Å²) in [5, 5.41) is 5.84. The van der Waals surface area contributed by atoms with Crippen LogP contribution in [0.4, 0.5) is 10.1 Å². The second-order valence-electron chi connectivity index (χ2n) is 5.87. The van der Waals surface area contributed by atoms with Gasteiger partial charge in [0.15, 0.2) is 0 Å². The summed E-state index contributed by atoms with van der Waals surface area (Å²) in [5.41, 5.74) is 1.21. The summed E-state index contributed by atoms with van der Waals surface area (Å²) in [6, 6.07) is 4.92. The minimum atomic E-state index is -0.261. The van der Waals surface area contributed by atoms with E-state index in [0.717, 1.165) is 5.69 Å². The smallest absolute Gasteiger partial charge is 0.239 e. The number of benzene rings is 1. The van der Waals surface area contributed by atoms with Gasteiger partial charge in [0.05, 0.1) is 6.54 Å². The minimum Gasteiger partial charge on any atom is -0.365 e. The molecule has 0 aliphatic carbocycles. The van der Waals surface area contributed by atoms with Crippen molar-refractivity contribution in [3.05, 3.63) is 29.6 Å². The first kappa shape index (κ1) is 16.4. The molecule has 0 heterocycles. The summed E-state index contributed by atoms with van der Waals surface area (Å²) in [6.07, 6.45) is 0. The van der Waals surface area contributed by atoms with Crippen LogP contribution >= 0.6 is 0 Å². The number of anilines is 1. The van der Waals surface area contributed by atoms with Crippen LogP contribution in [0, 0.1) is 5.82 Å². The predicted octanol–water partition coefficient (Wildman–Crippen LogP) is 1.90. The highest BCUT2D eigenvalue weighted by molar-refractivity contribution is 5.81. The summed E-state index contributed by atoms with van der Waals surface area (Å²) in [5.74, 6) is -0.366.